The minimum atomic E-state index is -3.06. The summed E-state index contributed by atoms with van der Waals surface area (Å²) in [7, 11) is -3.06. The molecule has 0 saturated carbocycles. The molecule has 3 N–H and O–H groups in total. The second-order valence-corrected chi connectivity index (χ2v) is 7.45. The lowest BCUT2D eigenvalue weighted by Crippen LogP contribution is -2.43. The molecule has 0 rings (SSSR count). The number of halogens is 1. The number of nitrogens with one attached hydrogen (secondary N) is 1. The molecule has 0 radical (unpaired) electrons. The summed E-state index contributed by atoms with van der Waals surface area (Å²) in [6.07, 6.45) is 5.77. The van der Waals surface area contributed by atoms with Crippen LogP contribution >= 0.6 is 12.4 Å². The fourth-order valence-corrected chi connectivity index (χ4v) is 2.47. The topological polar surface area (TPSA) is 89.3 Å². The van der Waals surface area contributed by atoms with Gasteiger partial charge in [0.15, 0.2) is 0 Å². The zero-order valence-electron chi connectivity index (χ0n) is 12.7. The fourth-order valence-electron chi connectivity index (χ4n) is 1.79. The van der Waals surface area contributed by atoms with Crippen molar-refractivity contribution < 1.29 is 13.2 Å². The van der Waals surface area contributed by atoms with Gasteiger partial charge in [0, 0.05) is 12.8 Å². The van der Waals surface area contributed by atoms with Gasteiger partial charge in [-0.05, 0) is 18.8 Å². The van der Waals surface area contributed by atoms with Gasteiger partial charge < -0.3 is 11.1 Å². The lowest BCUT2D eigenvalue weighted by molar-refractivity contribution is -0.122. The molecule has 2 unspecified atom stereocenters. The van der Waals surface area contributed by atoms with Crippen molar-refractivity contribution in [2.24, 2.45) is 11.7 Å². The van der Waals surface area contributed by atoms with Crippen LogP contribution in [0.25, 0.3) is 0 Å². The number of unbranched alkanes of at least 4 members (excludes halogenated alkanes) is 1. The van der Waals surface area contributed by atoms with Gasteiger partial charge in [0.25, 0.3) is 0 Å². The molecule has 0 fully saturated rings. The lowest BCUT2D eigenvalue weighted by atomic mass is 9.99. The zero-order valence-corrected chi connectivity index (χ0v) is 14.4. The van der Waals surface area contributed by atoms with E-state index in [0.717, 1.165) is 31.9 Å². The lowest BCUT2D eigenvalue weighted by Gasteiger charge is -2.17. The first-order valence-corrected chi connectivity index (χ1v) is 9.07. The molecule has 0 aromatic rings. The molecule has 0 heterocycles. The van der Waals surface area contributed by atoms with Gasteiger partial charge in [-0.15, -0.1) is 12.4 Å². The van der Waals surface area contributed by atoms with Gasteiger partial charge in [0.05, 0.1) is 11.8 Å². The summed E-state index contributed by atoms with van der Waals surface area (Å²) < 4.78 is 22.0. The van der Waals surface area contributed by atoms with E-state index in [1.807, 2.05) is 0 Å². The van der Waals surface area contributed by atoms with Gasteiger partial charge in [-0.25, -0.2) is 8.42 Å². The summed E-state index contributed by atoms with van der Waals surface area (Å²) in [6, 6.07) is -0.738. The second kappa shape index (κ2) is 11.3. The monoisotopic (exact) mass is 328 g/mol. The number of carbonyl (C=O) groups is 1. The van der Waals surface area contributed by atoms with Crippen molar-refractivity contribution in [1.29, 1.82) is 0 Å². The van der Waals surface area contributed by atoms with Gasteiger partial charge >= 0.3 is 0 Å². The third kappa shape index (κ3) is 11.5. The Morgan fingerprint density at radius 2 is 1.85 bits per heavy atom. The Morgan fingerprint density at radius 1 is 1.25 bits per heavy atom. The summed E-state index contributed by atoms with van der Waals surface area (Å²) in [4.78, 5) is 11.7. The minimum absolute atomic E-state index is 0. The van der Waals surface area contributed by atoms with Crippen LogP contribution in [0, 0.1) is 5.92 Å². The maximum Gasteiger partial charge on any atom is 0.236 e. The molecular weight excluding hydrogens is 300 g/mol. The first-order valence-electron chi connectivity index (χ1n) is 7.01. The van der Waals surface area contributed by atoms with Crippen molar-refractivity contribution in [2.75, 3.05) is 18.6 Å². The molecule has 5 nitrogen and oxygen atoms in total. The van der Waals surface area contributed by atoms with E-state index in [2.05, 4.69) is 19.2 Å². The molecule has 0 aromatic heterocycles. The SMILES string of the molecule is CCCCC(CC)CNC(=O)C(N)CCS(C)(=O)=O.Cl. The molecule has 122 valence electrons. The molecule has 0 bridgehead atoms. The van der Waals surface area contributed by atoms with Crippen LogP contribution < -0.4 is 11.1 Å². The number of rotatable bonds is 10. The van der Waals surface area contributed by atoms with Gasteiger partial charge in [-0.1, -0.05) is 33.1 Å². The van der Waals surface area contributed by atoms with Crippen LogP contribution in [0.4, 0.5) is 0 Å². The number of amides is 1. The summed E-state index contributed by atoms with van der Waals surface area (Å²) in [5.41, 5.74) is 5.68. The normalized spacial score (nSPS) is 14.2. The van der Waals surface area contributed by atoms with Crippen molar-refractivity contribution in [3.05, 3.63) is 0 Å². The summed E-state index contributed by atoms with van der Waals surface area (Å²) in [5, 5.41) is 2.82. The van der Waals surface area contributed by atoms with Crippen LogP contribution in [-0.2, 0) is 14.6 Å². The van der Waals surface area contributed by atoms with E-state index < -0.39 is 15.9 Å². The molecule has 0 aromatic carbocycles. The van der Waals surface area contributed by atoms with Gasteiger partial charge in [-0.2, -0.15) is 0 Å². The Labute approximate surface area is 129 Å². The predicted octanol–water partition coefficient (Wildman–Crippen LogP) is 1.50. The summed E-state index contributed by atoms with van der Waals surface area (Å²) in [5.74, 6) is 0.179. The van der Waals surface area contributed by atoms with Crippen molar-refractivity contribution in [2.45, 2.75) is 52.0 Å². The molecule has 1 amide bonds. The van der Waals surface area contributed by atoms with E-state index in [4.69, 9.17) is 5.73 Å². The van der Waals surface area contributed by atoms with Crippen molar-refractivity contribution in [3.63, 3.8) is 0 Å². The smallest absolute Gasteiger partial charge is 0.236 e. The van der Waals surface area contributed by atoms with Crippen LogP contribution in [0.1, 0.15) is 46.0 Å². The third-order valence-corrected chi connectivity index (χ3v) is 4.22. The van der Waals surface area contributed by atoms with Crippen molar-refractivity contribution in [1.82, 2.24) is 5.32 Å². The largest absolute Gasteiger partial charge is 0.354 e. The molecule has 0 aliphatic carbocycles. The molecule has 0 aliphatic rings. The first-order chi connectivity index (χ1) is 8.80. The van der Waals surface area contributed by atoms with Crippen LogP contribution in [0.2, 0.25) is 0 Å². The summed E-state index contributed by atoms with van der Waals surface area (Å²) >= 11 is 0. The van der Waals surface area contributed by atoms with Gasteiger partial charge in [-0.3, -0.25) is 4.79 Å². The van der Waals surface area contributed by atoms with Crippen LogP contribution in [-0.4, -0.2) is 38.9 Å². The molecular formula is C13H29ClN2O3S. The minimum Gasteiger partial charge on any atom is -0.354 e. The van der Waals surface area contributed by atoms with E-state index in [0.29, 0.717) is 12.5 Å². The maximum atomic E-state index is 11.7. The van der Waals surface area contributed by atoms with E-state index in [9.17, 15) is 13.2 Å². The molecule has 0 aliphatic heterocycles. The van der Waals surface area contributed by atoms with E-state index in [1.54, 1.807) is 0 Å². The maximum absolute atomic E-state index is 11.7. The fraction of sp³-hybridized carbons (Fsp3) is 0.923. The van der Waals surface area contributed by atoms with E-state index in [1.165, 1.54) is 0 Å². The highest BCUT2D eigenvalue weighted by molar-refractivity contribution is 7.90. The van der Waals surface area contributed by atoms with Crippen LogP contribution in [0.15, 0.2) is 0 Å². The van der Waals surface area contributed by atoms with Gasteiger partial charge in [0.2, 0.25) is 5.91 Å². The average molecular weight is 329 g/mol. The van der Waals surface area contributed by atoms with E-state index >= 15 is 0 Å². The Morgan fingerprint density at radius 3 is 2.30 bits per heavy atom. The quantitative estimate of drug-likeness (QED) is 0.636. The molecule has 7 heteroatoms. The molecule has 20 heavy (non-hydrogen) atoms. The predicted molar refractivity (Wildman–Crippen MR) is 85.9 cm³/mol. The van der Waals surface area contributed by atoms with E-state index in [-0.39, 0.29) is 30.5 Å². The highest BCUT2D eigenvalue weighted by atomic mass is 35.5. The zero-order chi connectivity index (χ0) is 14.9. The summed E-state index contributed by atoms with van der Waals surface area (Å²) in [6.45, 7) is 4.88. The number of carbonyl (C=O) groups excluding carboxylic acids is 1. The second-order valence-electron chi connectivity index (χ2n) is 5.19. The first kappa shape index (κ1) is 22.0. The Bertz CT molecular complexity index is 361. The Hall–Kier alpha value is -0.330. The molecule has 0 saturated heterocycles. The van der Waals surface area contributed by atoms with Gasteiger partial charge in [0.1, 0.15) is 9.84 Å². The average Bonchev–Trinajstić information content (AvgIpc) is 2.35. The Kier molecular flexibility index (Phi) is 12.5. The van der Waals surface area contributed by atoms with Crippen molar-refractivity contribution in [3.8, 4) is 0 Å². The number of hydrogen-bond acceptors (Lipinski definition) is 4. The number of sulfone groups is 1. The molecule has 0 spiro atoms. The Balaban J connectivity index is 0. The number of hydrogen-bond donors (Lipinski definition) is 2. The standard InChI is InChI=1S/C13H28N2O3S.ClH/c1-4-6-7-11(5-2)10-15-13(16)12(14)8-9-19(3,17)18;/h11-12H,4-10,14H2,1-3H3,(H,15,16);1H. The highest BCUT2D eigenvalue weighted by Crippen LogP contribution is 2.11. The number of nitrogens with two attached hydrogens (primary N) is 1. The molecule has 2 atom stereocenters. The highest BCUT2D eigenvalue weighted by Gasteiger charge is 2.16. The van der Waals surface area contributed by atoms with Crippen molar-refractivity contribution >= 4 is 28.2 Å². The van der Waals surface area contributed by atoms with Crippen LogP contribution in [0.5, 0.6) is 0 Å². The third-order valence-electron chi connectivity index (χ3n) is 3.24. The van der Waals surface area contributed by atoms with Crippen LogP contribution in [0.3, 0.4) is 0 Å².